The van der Waals surface area contributed by atoms with Crippen molar-refractivity contribution in [2.45, 2.75) is 13.3 Å². The Hall–Kier alpha value is -1.55. The highest BCUT2D eigenvalue weighted by Crippen LogP contribution is 2.13. The summed E-state index contributed by atoms with van der Waals surface area (Å²) < 4.78 is 10.3. The summed E-state index contributed by atoms with van der Waals surface area (Å²) in [6, 6.07) is 7.46. The molecule has 1 aromatic rings. The van der Waals surface area contributed by atoms with Crippen LogP contribution in [0.3, 0.4) is 0 Å². The van der Waals surface area contributed by atoms with Gasteiger partial charge in [-0.25, -0.2) is 0 Å². The van der Waals surface area contributed by atoms with Crippen LogP contribution in [0.15, 0.2) is 29.4 Å². The van der Waals surface area contributed by atoms with Crippen LogP contribution in [0.1, 0.15) is 18.9 Å². The maximum atomic E-state index is 8.76. The highest BCUT2D eigenvalue weighted by Gasteiger charge is 2.01. The molecule has 0 aliphatic rings. The molecule has 0 aliphatic carbocycles. The summed E-state index contributed by atoms with van der Waals surface area (Å²) >= 11 is 0. The summed E-state index contributed by atoms with van der Waals surface area (Å²) in [5.74, 6) is 0.786. The van der Waals surface area contributed by atoms with Gasteiger partial charge in [0.1, 0.15) is 12.4 Å². The molecule has 4 heteroatoms. The van der Waals surface area contributed by atoms with Crippen molar-refractivity contribution in [3.8, 4) is 5.75 Å². The van der Waals surface area contributed by atoms with E-state index < -0.39 is 0 Å². The molecule has 0 bridgehead atoms. The number of oxime groups is 1. The van der Waals surface area contributed by atoms with Crippen LogP contribution in [0.5, 0.6) is 5.75 Å². The van der Waals surface area contributed by atoms with Crippen molar-refractivity contribution in [1.29, 1.82) is 0 Å². The zero-order valence-electron chi connectivity index (χ0n) is 9.64. The second-order valence-electron chi connectivity index (χ2n) is 3.27. The Morgan fingerprint density at radius 1 is 1.25 bits per heavy atom. The lowest BCUT2D eigenvalue weighted by molar-refractivity contribution is 0.146. The third-order valence-corrected chi connectivity index (χ3v) is 2.20. The molecule has 1 rings (SSSR count). The van der Waals surface area contributed by atoms with Gasteiger partial charge < -0.3 is 14.7 Å². The standard InChI is InChI=1S/C12H17NO3/c1-3-12(13-14)10-4-6-11(7-5-10)16-9-8-15-2/h4-7,14H,3,8-9H2,1-2H3/b13-12+. The zero-order chi connectivity index (χ0) is 11.8. The van der Waals surface area contributed by atoms with E-state index in [-0.39, 0.29) is 0 Å². The van der Waals surface area contributed by atoms with Gasteiger partial charge in [0.05, 0.1) is 12.3 Å². The van der Waals surface area contributed by atoms with Gasteiger partial charge in [0.2, 0.25) is 0 Å². The molecule has 1 aromatic carbocycles. The molecule has 1 N–H and O–H groups in total. The number of rotatable bonds is 6. The molecule has 0 spiro atoms. The third-order valence-electron chi connectivity index (χ3n) is 2.20. The van der Waals surface area contributed by atoms with Crippen LogP contribution in [0.25, 0.3) is 0 Å². The second kappa shape index (κ2) is 6.85. The van der Waals surface area contributed by atoms with Gasteiger partial charge in [-0.3, -0.25) is 0 Å². The zero-order valence-corrected chi connectivity index (χ0v) is 9.64. The van der Waals surface area contributed by atoms with Crippen molar-refractivity contribution in [1.82, 2.24) is 0 Å². The Morgan fingerprint density at radius 3 is 2.44 bits per heavy atom. The Morgan fingerprint density at radius 2 is 1.94 bits per heavy atom. The number of ether oxygens (including phenoxy) is 2. The number of hydrogen-bond acceptors (Lipinski definition) is 4. The molecule has 0 aliphatic heterocycles. The Bertz CT molecular complexity index is 333. The van der Waals surface area contributed by atoms with Gasteiger partial charge in [-0.2, -0.15) is 0 Å². The van der Waals surface area contributed by atoms with Gasteiger partial charge in [-0.15, -0.1) is 0 Å². The highest BCUT2D eigenvalue weighted by atomic mass is 16.5. The quantitative estimate of drug-likeness (QED) is 0.348. The molecule has 0 amide bonds. The van der Waals surface area contributed by atoms with Crippen molar-refractivity contribution in [2.24, 2.45) is 5.16 Å². The molecule has 0 saturated heterocycles. The minimum absolute atomic E-state index is 0.532. The molecule has 0 saturated carbocycles. The fraction of sp³-hybridized carbons (Fsp3) is 0.417. The highest BCUT2D eigenvalue weighted by molar-refractivity contribution is 6.00. The molecule has 4 nitrogen and oxygen atoms in total. The lowest BCUT2D eigenvalue weighted by Gasteiger charge is -2.06. The molecule has 0 heterocycles. The van der Waals surface area contributed by atoms with Crippen molar-refractivity contribution >= 4 is 5.71 Å². The van der Waals surface area contributed by atoms with E-state index in [0.717, 1.165) is 11.3 Å². The van der Waals surface area contributed by atoms with E-state index in [4.69, 9.17) is 14.7 Å². The average Bonchev–Trinajstić information content (AvgIpc) is 2.33. The van der Waals surface area contributed by atoms with Crippen LogP contribution in [0, 0.1) is 0 Å². The van der Waals surface area contributed by atoms with E-state index in [1.54, 1.807) is 7.11 Å². The topological polar surface area (TPSA) is 51.1 Å². The first kappa shape index (κ1) is 12.5. The molecular weight excluding hydrogens is 206 g/mol. The van der Waals surface area contributed by atoms with E-state index in [9.17, 15) is 0 Å². The van der Waals surface area contributed by atoms with Gasteiger partial charge in [-0.05, 0) is 36.2 Å². The van der Waals surface area contributed by atoms with Crippen LogP contribution in [-0.4, -0.2) is 31.2 Å². The van der Waals surface area contributed by atoms with E-state index in [1.807, 2.05) is 31.2 Å². The van der Waals surface area contributed by atoms with E-state index in [0.29, 0.717) is 25.3 Å². The third kappa shape index (κ3) is 3.55. The molecule has 0 fully saturated rings. The molecule has 88 valence electrons. The average molecular weight is 223 g/mol. The number of methoxy groups -OCH3 is 1. The smallest absolute Gasteiger partial charge is 0.119 e. The van der Waals surface area contributed by atoms with Crippen LogP contribution in [0.2, 0.25) is 0 Å². The maximum absolute atomic E-state index is 8.76. The predicted octanol–water partition coefficient (Wildman–Crippen LogP) is 2.30. The molecule has 0 radical (unpaired) electrons. The van der Waals surface area contributed by atoms with Gasteiger partial charge in [0, 0.05) is 7.11 Å². The Kier molecular flexibility index (Phi) is 5.36. The fourth-order valence-electron chi connectivity index (χ4n) is 1.32. The molecule has 16 heavy (non-hydrogen) atoms. The molecule has 0 atom stereocenters. The van der Waals surface area contributed by atoms with Crippen molar-refractivity contribution in [3.63, 3.8) is 0 Å². The van der Waals surface area contributed by atoms with Gasteiger partial charge in [0.25, 0.3) is 0 Å². The SMILES string of the molecule is CC/C(=N\O)c1ccc(OCCOC)cc1. The second-order valence-corrected chi connectivity index (χ2v) is 3.27. The summed E-state index contributed by atoms with van der Waals surface area (Å²) in [4.78, 5) is 0. The van der Waals surface area contributed by atoms with E-state index in [1.165, 1.54) is 0 Å². The Balaban J connectivity index is 2.60. The minimum Gasteiger partial charge on any atom is -0.491 e. The molecule has 0 unspecified atom stereocenters. The summed E-state index contributed by atoms with van der Waals surface area (Å²) in [5, 5.41) is 12.0. The van der Waals surface area contributed by atoms with E-state index >= 15 is 0 Å². The molecule has 0 aromatic heterocycles. The van der Waals surface area contributed by atoms with Crippen molar-refractivity contribution < 1.29 is 14.7 Å². The lowest BCUT2D eigenvalue weighted by Crippen LogP contribution is -2.04. The summed E-state index contributed by atoms with van der Waals surface area (Å²) in [6.45, 7) is 3.04. The van der Waals surface area contributed by atoms with E-state index in [2.05, 4.69) is 5.16 Å². The van der Waals surface area contributed by atoms with Gasteiger partial charge in [-0.1, -0.05) is 12.1 Å². The summed E-state index contributed by atoms with van der Waals surface area (Å²) in [5.41, 5.74) is 1.58. The van der Waals surface area contributed by atoms with Crippen LogP contribution < -0.4 is 4.74 Å². The number of nitrogens with zero attached hydrogens (tertiary/aromatic N) is 1. The summed E-state index contributed by atoms with van der Waals surface area (Å²) in [6.07, 6.45) is 0.695. The van der Waals surface area contributed by atoms with Gasteiger partial charge >= 0.3 is 0 Å². The fourth-order valence-corrected chi connectivity index (χ4v) is 1.32. The monoisotopic (exact) mass is 223 g/mol. The number of hydrogen-bond donors (Lipinski definition) is 1. The lowest BCUT2D eigenvalue weighted by atomic mass is 10.1. The van der Waals surface area contributed by atoms with Crippen molar-refractivity contribution in [3.05, 3.63) is 29.8 Å². The summed E-state index contributed by atoms with van der Waals surface area (Å²) in [7, 11) is 1.64. The van der Waals surface area contributed by atoms with Crippen LogP contribution in [-0.2, 0) is 4.74 Å². The first-order chi connectivity index (χ1) is 7.81. The maximum Gasteiger partial charge on any atom is 0.119 e. The van der Waals surface area contributed by atoms with Crippen LogP contribution >= 0.6 is 0 Å². The Labute approximate surface area is 95.5 Å². The first-order valence-corrected chi connectivity index (χ1v) is 5.25. The van der Waals surface area contributed by atoms with Gasteiger partial charge in [0.15, 0.2) is 0 Å². The largest absolute Gasteiger partial charge is 0.491 e. The number of benzene rings is 1. The first-order valence-electron chi connectivity index (χ1n) is 5.25. The minimum atomic E-state index is 0.532. The van der Waals surface area contributed by atoms with Crippen molar-refractivity contribution in [2.75, 3.05) is 20.3 Å². The predicted molar refractivity (Wildman–Crippen MR) is 62.4 cm³/mol. The molecular formula is C12H17NO3. The van der Waals surface area contributed by atoms with Crippen LogP contribution in [0.4, 0.5) is 0 Å². The normalized spacial score (nSPS) is 11.5.